The first-order valence-electron chi connectivity index (χ1n) is 6.98. The molecule has 0 fully saturated rings. The van der Waals surface area contributed by atoms with E-state index in [4.69, 9.17) is 9.84 Å². The molecular formula is C17H17NO5. The van der Waals surface area contributed by atoms with Crippen LogP contribution in [0.25, 0.3) is 0 Å². The first-order chi connectivity index (χ1) is 11.0. The van der Waals surface area contributed by atoms with Crippen molar-refractivity contribution in [1.29, 1.82) is 0 Å². The molecule has 0 aromatic heterocycles. The van der Waals surface area contributed by atoms with Crippen molar-refractivity contribution in [3.05, 3.63) is 53.6 Å². The number of amides is 1. The third-order valence-electron chi connectivity index (χ3n) is 3.28. The minimum Gasteiger partial charge on any atom is -0.504 e. The Morgan fingerprint density at radius 1 is 1.17 bits per heavy atom. The number of benzene rings is 2. The second-order valence-electron chi connectivity index (χ2n) is 4.94. The van der Waals surface area contributed by atoms with Crippen molar-refractivity contribution in [2.75, 3.05) is 12.4 Å². The van der Waals surface area contributed by atoms with Crippen molar-refractivity contribution in [1.82, 2.24) is 0 Å². The number of carbonyl (C=O) groups excluding carboxylic acids is 1. The number of phenolic OH excluding ortho intramolecular Hbond substituents is 1. The smallest absolute Gasteiger partial charge is 0.335 e. The number of hydrogen-bond acceptors (Lipinski definition) is 4. The van der Waals surface area contributed by atoms with Gasteiger partial charge in [0.1, 0.15) is 0 Å². The van der Waals surface area contributed by atoms with Crippen molar-refractivity contribution in [2.45, 2.75) is 12.8 Å². The van der Waals surface area contributed by atoms with E-state index in [1.54, 1.807) is 24.3 Å². The summed E-state index contributed by atoms with van der Waals surface area (Å²) in [4.78, 5) is 22.8. The zero-order valence-electron chi connectivity index (χ0n) is 12.6. The summed E-state index contributed by atoms with van der Waals surface area (Å²) in [5.74, 6) is -0.861. The van der Waals surface area contributed by atoms with E-state index in [1.807, 2.05) is 0 Å². The Bertz CT molecular complexity index is 727. The number of rotatable bonds is 6. The Morgan fingerprint density at radius 3 is 2.65 bits per heavy atom. The van der Waals surface area contributed by atoms with Gasteiger partial charge in [0.15, 0.2) is 11.5 Å². The van der Waals surface area contributed by atoms with Gasteiger partial charge in [0, 0.05) is 12.1 Å². The molecule has 2 rings (SSSR count). The van der Waals surface area contributed by atoms with E-state index in [0.29, 0.717) is 17.9 Å². The van der Waals surface area contributed by atoms with Crippen molar-refractivity contribution in [3.8, 4) is 11.5 Å². The average Bonchev–Trinajstić information content (AvgIpc) is 2.54. The standard InChI is InChI=1S/C17H17NO5/c1-23-15-9-11(5-7-14(15)19)6-8-16(20)18-13-4-2-3-12(10-13)17(21)22/h2-5,7,9-10,19H,6,8H2,1H3,(H,18,20)(H,21,22). The number of methoxy groups -OCH3 is 1. The highest BCUT2D eigenvalue weighted by molar-refractivity contribution is 5.93. The van der Waals surface area contributed by atoms with Crippen molar-refractivity contribution >= 4 is 17.6 Å². The Balaban J connectivity index is 1.95. The van der Waals surface area contributed by atoms with Crippen molar-refractivity contribution in [2.24, 2.45) is 0 Å². The number of carbonyl (C=O) groups is 2. The van der Waals surface area contributed by atoms with Crippen molar-refractivity contribution in [3.63, 3.8) is 0 Å². The minimum atomic E-state index is -1.04. The molecular weight excluding hydrogens is 298 g/mol. The molecule has 0 spiro atoms. The molecule has 3 N–H and O–H groups in total. The maximum atomic E-state index is 11.9. The fourth-order valence-electron chi connectivity index (χ4n) is 2.09. The van der Waals surface area contributed by atoms with Gasteiger partial charge < -0.3 is 20.3 Å². The van der Waals surface area contributed by atoms with Gasteiger partial charge in [0.2, 0.25) is 5.91 Å². The molecule has 1 amide bonds. The van der Waals surface area contributed by atoms with E-state index in [9.17, 15) is 14.7 Å². The van der Waals surface area contributed by atoms with E-state index < -0.39 is 5.97 Å². The van der Waals surface area contributed by atoms with Gasteiger partial charge in [-0.1, -0.05) is 12.1 Å². The van der Waals surface area contributed by atoms with Crippen LogP contribution in [-0.2, 0) is 11.2 Å². The second kappa shape index (κ2) is 7.31. The molecule has 120 valence electrons. The van der Waals surface area contributed by atoms with Gasteiger partial charge in [-0.3, -0.25) is 4.79 Å². The second-order valence-corrected chi connectivity index (χ2v) is 4.94. The summed E-state index contributed by atoms with van der Waals surface area (Å²) in [7, 11) is 1.46. The van der Waals surface area contributed by atoms with Gasteiger partial charge in [0.05, 0.1) is 12.7 Å². The van der Waals surface area contributed by atoms with Gasteiger partial charge in [-0.25, -0.2) is 4.79 Å². The number of ether oxygens (including phenoxy) is 1. The van der Waals surface area contributed by atoms with Gasteiger partial charge in [-0.15, -0.1) is 0 Å². The molecule has 23 heavy (non-hydrogen) atoms. The molecule has 6 heteroatoms. The quantitative estimate of drug-likeness (QED) is 0.761. The fraction of sp³-hybridized carbons (Fsp3) is 0.176. The van der Waals surface area contributed by atoms with E-state index in [0.717, 1.165) is 5.56 Å². The molecule has 0 saturated carbocycles. The first-order valence-corrected chi connectivity index (χ1v) is 6.98. The Morgan fingerprint density at radius 2 is 1.96 bits per heavy atom. The monoisotopic (exact) mass is 315 g/mol. The number of phenols is 1. The Kier molecular flexibility index (Phi) is 5.19. The van der Waals surface area contributed by atoms with Crippen LogP contribution < -0.4 is 10.1 Å². The van der Waals surface area contributed by atoms with Crippen LogP contribution in [0.2, 0.25) is 0 Å². The lowest BCUT2D eigenvalue weighted by molar-refractivity contribution is -0.116. The van der Waals surface area contributed by atoms with Gasteiger partial charge in [-0.05, 0) is 42.3 Å². The summed E-state index contributed by atoms with van der Waals surface area (Å²) in [6.07, 6.45) is 0.701. The zero-order valence-corrected chi connectivity index (χ0v) is 12.6. The number of aromatic carboxylic acids is 1. The molecule has 0 bridgehead atoms. The lowest BCUT2D eigenvalue weighted by Crippen LogP contribution is -2.12. The maximum Gasteiger partial charge on any atom is 0.335 e. The van der Waals surface area contributed by atoms with Crippen molar-refractivity contribution < 1.29 is 24.5 Å². The highest BCUT2D eigenvalue weighted by Gasteiger charge is 2.08. The molecule has 0 atom stereocenters. The number of hydrogen-bond donors (Lipinski definition) is 3. The fourth-order valence-corrected chi connectivity index (χ4v) is 2.09. The molecule has 2 aromatic carbocycles. The highest BCUT2D eigenvalue weighted by Crippen LogP contribution is 2.26. The molecule has 0 aliphatic heterocycles. The van der Waals surface area contributed by atoms with E-state index in [2.05, 4.69) is 5.32 Å². The predicted octanol–water partition coefficient (Wildman–Crippen LogP) is 2.67. The SMILES string of the molecule is COc1cc(CCC(=O)Nc2cccc(C(=O)O)c2)ccc1O. The first kappa shape index (κ1) is 16.4. The topological polar surface area (TPSA) is 95.9 Å². The molecule has 0 aliphatic rings. The number of nitrogens with one attached hydrogen (secondary N) is 1. The average molecular weight is 315 g/mol. The molecule has 0 saturated heterocycles. The summed E-state index contributed by atoms with van der Waals surface area (Å²) in [6.45, 7) is 0. The van der Waals surface area contributed by atoms with Crippen LogP contribution in [0.4, 0.5) is 5.69 Å². The normalized spacial score (nSPS) is 10.1. The number of carboxylic acid groups (broad SMARTS) is 1. The maximum absolute atomic E-state index is 11.9. The molecule has 2 aromatic rings. The summed E-state index contributed by atoms with van der Waals surface area (Å²) in [6, 6.07) is 11.0. The van der Waals surface area contributed by atoms with E-state index in [-0.39, 0.29) is 23.6 Å². The summed E-state index contributed by atoms with van der Waals surface area (Å²) < 4.78 is 5.02. The summed E-state index contributed by atoms with van der Waals surface area (Å²) in [5, 5.41) is 21.1. The predicted molar refractivity (Wildman–Crippen MR) is 85.0 cm³/mol. The van der Waals surface area contributed by atoms with Crippen LogP contribution in [-0.4, -0.2) is 29.2 Å². The molecule has 0 radical (unpaired) electrons. The molecule has 6 nitrogen and oxygen atoms in total. The van der Waals surface area contributed by atoms with Crippen LogP contribution in [0.5, 0.6) is 11.5 Å². The van der Waals surface area contributed by atoms with Crippen LogP contribution in [0, 0.1) is 0 Å². The minimum absolute atomic E-state index is 0.0474. The summed E-state index contributed by atoms with van der Waals surface area (Å²) >= 11 is 0. The van der Waals surface area contributed by atoms with Gasteiger partial charge in [0.25, 0.3) is 0 Å². The number of aromatic hydroxyl groups is 1. The Hall–Kier alpha value is -3.02. The third kappa shape index (κ3) is 4.47. The van der Waals surface area contributed by atoms with Crippen LogP contribution >= 0.6 is 0 Å². The van der Waals surface area contributed by atoms with Gasteiger partial charge >= 0.3 is 5.97 Å². The van der Waals surface area contributed by atoms with Crippen LogP contribution in [0.1, 0.15) is 22.3 Å². The third-order valence-corrected chi connectivity index (χ3v) is 3.28. The van der Waals surface area contributed by atoms with E-state index >= 15 is 0 Å². The largest absolute Gasteiger partial charge is 0.504 e. The summed E-state index contributed by atoms with van der Waals surface area (Å²) in [5.41, 5.74) is 1.42. The van der Waals surface area contributed by atoms with Crippen LogP contribution in [0.3, 0.4) is 0 Å². The number of anilines is 1. The number of carboxylic acids is 1. The molecule has 0 aliphatic carbocycles. The highest BCUT2D eigenvalue weighted by atomic mass is 16.5. The lowest BCUT2D eigenvalue weighted by Gasteiger charge is -2.08. The zero-order chi connectivity index (χ0) is 16.8. The Labute approximate surface area is 133 Å². The lowest BCUT2D eigenvalue weighted by atomic mass is 10.1. The molecule has 0 unspecified atom stereocenters. The number of aryl methyl sites for hydroxylation is 1. The van der Waals surface area contributed by atoms with Crippen LogP contribution in [0.15, 0.2) is 42.5 Å². The molecule has 0 heterocycles. The van der Waals surface area contributed by atoms with Gasteiger partial charge in [-0.2, -0.15) is 0 Å². The van der Waals surface area contributed by atoms with E-state index in [1.165, 1.54) is 25.3 Å².